The van der Waals surface area contributed by atoms with Crippen molar-refractivity contribution >= 4 is 11.4 Å². The molecule has 1 atom stereocenters. The zero-order valence-electron chi connectivity index (χ0n) is 12.8. The minimum absolute atomic E-state index is 0.390. The van der Waals surface area contributed by atoms with Gasteiger partial charge in [-0.3, -0.25) is 0 Å². The molecule has 3 nitrogen and oxygen atoms in total. The predicted molar refractivity (Wildman–Crippen MR) is 90.2 cm³/mol. The van der Waals surface area contributed by atoms with Gasteiger partial charge in [-0.2, -0.15) is 0 Å². The van der Waals surface area contributed by atoms with E-state index in [9.17, 15) is 0 Å². The zero-order chi connectivity index (χ0) is 14.7. The van der Waals surface area contributed by atoms with Gasteiger partial charge in [-0.05, 0) is 17.7 Å². The van der Waals surface area contributed by atoms with Gasteiger partial charge in [0.2, 0.25) is 0 Å². The summed E-state index contributed by atoms with van der Waals surface area (Å²) in [6.07, 6.45) is 0. The van der Waals surface area contributed by atoms with Gasteiger partial charge >= 0.3 is 0 Å². The molecule has 2 aromatic carbocycles. The first kappa shape index (κ1) is 14.0. The molecule has 1 fully saturated rings. The average molecular weight is 281 g/mol. The maximum Gasteiger partial charge on any atom is 0.0668 e. The van der Waals surface area contributed by atoms with Gasteiger partial charge in [-0.15, -0.1) is 0 Å². The lowest BCUT2D eigenvalue weighted by Crippen LogP contribution is -2.46. The molecule has 0 spiro atoms. The summed E-state index contributed by atoms with van der Waals surface area (Å²) in [5.41, 5.74) is 3.97. The van der Waals surface area contributed by atoms with E-state index in [0.29, 0.717) is 6.04 Å². The van der Waals surface area contributed by atoms with Crippen LogP contribution < -0.4 is 15.1 Å². The van der Waals surface area contributed by atoms with Crippen LogP contribution in [0.2, 0.25) is 0 Å². The topological polar surface area (TPSA) is 18.5 Å². The van der Waals surface area contributed by atoms with Gasteiger partial charge in [0.1, 0.15) is 0 Å². The Hall–Kier alpha value is -2.00. The minimum atomic E-state index is 0.390. The summed E-state index contributed by atoms with van der Waals surface area (Å²) in [7, 11) is 4.22. The molecule has 0 amide bonds. The Bertz CT molecular complexity index is 580. The van der Waals surface area contributed by atoms with Crippen LogP contribution in [0.1, 0.15) is 11.6 Å². The number of anilines is 2. The third kappa shape index (κ3) is 2.88. The van der Waals surface area contributed by atoms with Gasteiger partial charge in [0.15, 0.2) is 0 Å². The van der Waals surface area contributed by atoms with E-state index in [4.69, 9.17) is 0 Å². The van der Waals surface area contributed by atoms with Crippen LogP contribution in [0.15, 0.2) is 54.6 Å². The second kappa shape index (κ2) is 6.19. The maximum absolute atomic E-state index is 3.53. The molecule has 1 aliphatic rings. The lowest BCUT2D eigenvalue weighted by Gasteiger charge is -2.40. The molecule has 3 heteroatoms. The number of benzene rings is 2. The summed E-state index contributed by atoms with van der Waals surface area (Å²) in [6.45, 7) is 3.06. The third-order valence-electron chi connectivity index (χ3n) is 4.10. The summed E-state index contributed by atoms with van der Waals surface area (Å²) in [4.78, 5) is 4.72. The minimum Gasteiger partial charge on any atom is -0.376 e. The molecule has 3 rings (SSSR count). The number of piperazine rings is 1. The van der Waals surface area contributed by atoms with Crippen LogP contribution >= 0.6 is 0 Å². The van der Waals surface area contributed by atoms with E-state index in [1.165, 1.54) is 16.9 Å². The van der Waals surface area contributed by atoms with Crippen molar-refractivity contribution in [2.75, 3.05) is 43.5 Å². The SMILES string of the molecule is CN(C)c1ccccc1N1CCNCC1c1ccccc1. The van der Waals surface area contributed by atoms with Crippen molar-refractivity contribution in [3.05, 3.63) is 60.2 Å². The van der Waals surface area contributed by atoms with Crippen LogP contribution in [0.5, 0.6) is 0 Å². The fourth-order valence-electron chi connectivity index (χ4n) is 3.05. The zero-order valence-corrected chi connectivity index (χ0v) is 12.8. The lowest BCUT2D eigenvalue weighted by atomic mass is 10.0. The number of hydrogen-bond acceptors (Lipinski definition) is 3. The molecule has 0 aliphatic carbocycles. The Balaban J connectivity index is 1.99. The van der Waals surface area contributed by atoms with Gasteiger partial charge < -0.3 is 15.1 Å². The van der Waals surface area contributed by atoms with Crippen molar-refractivity contribution in [2.45, 2.75) is 6.04 Å². The molecule has 0 radical (unpaired) electrons. The molecule has 2 aromatic rings. The fourth-order valence-corrected chi connectivity index (χ4v) is 3.05. The Morgan fingerprint density at radius 3 is 2.48 bits per heavy atom. The molecule has 21 heavy (non-hydrogen) atoms. The normalized spacial score (nSPS) is 18.6. The predicted octanol–water partition coefficient (Wildman–Crippen LogP) is 2.90. The molecular weight excluding hydrogens is 258 g/mol. The smallest absolute Gasteiger partial charge is 0.0668 e. The van der Waals surface area contributed by atoms with E-state index in [0.717, 1.165) is 19.6 Å². The number of hydrogen-bond donors (Lipinski definition) is 1. The van der Waals surface area contributed by atoms with Crippen molar-refractivity contribution in [2.24, 2.45) is 0 Å². The quantitative estimate of drug-likeness (QED) is 0.933. The molecule has 110 valence electrons. The average Bonchev–Trinajstić information content (AvgIpc) is 2.55. The van der Waals surface area contributed by atoms with Gasteiger partial charge in [0.25, 0.3) is 0 Å². The van der Waals surface area contributed by atoms with E-state index in [2.05, 4.69) is 83.8 Å². The Kier molecular flexibility index (Phi) is 4.11. The van der Waals surface area contributed by atoms with E-state index >= 15 is 0 Å². The van der Waals surface area contributed by atoms with Crippen LogP contribution in [0.25, 0.3) is 0 Å². The summed E-state index contributed by atoms with van der Waals surface area (Å²) in [5.74, 6) is 0. The number of para-hydroxylation sites is 2. The third-order valence-corrected chi connectivity index (χ3v) is 4.10. The number of rotatable bonds is 3. The first-order valence-electron chi connectivity index (χ1n) is 7.56. The molecule has 1 N–H and O–H groups in total. The maximum atomic E-state index is 3.53. The fraction of sp³-hybridized carbons (Fsp3) is 0.333. The van der Waals surface area contributed by atoms with Gasteiger partial charge in [-0.1, -0.05) is 42.5 Å². The van der Waals surface area contributed by atoms with E-state index < -0.39 is 0 Å². The summed E-state index contributed by atoms with van der Waals surface area (Å²) in [6, 6.07) is 19.8. The van der Waals surface area contributed by atoms with E-state index in [1.807, 2.05) is 0 Å². The van der Waals surface area contributed by atoms with Crippen LogP contribution in [0, 0.1) is 0 Å². The highest BCUT2D eigenvalue weighted by Gasteiger charge is 2.25. The van der Waals surface area contributed by atoms with Gasteiger partial charge in [-0.25, -0.2) is 0 Å². The van der Waals surface area contributed by atoms with E-state index in [-0.39, 0.29) is 0 Å². The molecule has 0 saturated carbocycles. The number of nitrogens with one attached hydrogen (secondary N) is 1. The first-order chi connectivity index (χ1) is 10.3. The molecule has 0 bridgehead atoms. The Labute approximate surface area is 127 Å². The second-order valence-corrected chi connectivity index (χ2v) is 5.71. The molecule has 1 unspecified atom stereocenters. The highest BCUT2D eigenvalue weighted by atomic mass is 15.2. The van der Waals surface area contributed by atoms with Crippen LogP contribution in [0.4, 0.5) is 11.4 Å². The molecule has 1 saturated heterocycles. The lowest BCUT2D eigenvalue weighted by molar-refractivity contribution is 0.490. The van der Waals surface area contributed by atoms with Crippen LogP contribution in [-0.2, 0) is 0 Å². The highest BCUT2D eigenvalue weighted by molar-refractivity contribution is 5.71. The van der Waals surface area contributed by atoms with E-state index in [1.54, 1.807) is 0 Å². The van der Waals surface area contributed by atoms with Crippen molar-refractivity contribution in [1.29, 1.82) is 0 Å². The summed E-state index contributed by atoms with van der Waals surface area (Å²) in [5, 5.41) is 3.53. The van der Waals surface area contributed by atoms with Crippen molar-refractivity contribution < 1.29 is 0 Å². The Morgan fingerprint density at radius 2 is 1.71 bits per heavy atom. The largest absolute Gasteiger partial charge is 0.376 e. The van der Waals surface area contributed by atoms with Crippen molar-refractivity contribution in [1.82, 2.24) is 5.32 Å². The van der Waals surface area contributed by atoms with Crippen LogP contribution in [-0.4, -0.2) is 33.7 Å². The standard InChI is InChI=1S/C18H23N3/c1-20(2)16-10-6-7-11-17(16)21-13-12-19-14-18(21)15-8-4-3-5-9-15/h3-11,18-19H,12-14H2,1-2H3. The Morgan fingerprint density at radius 1 is 1.00 bits per heavy atom. The molecular formula is C18H23N3. The van der Waals surface area contributed by atoms with Gasteiger partial charge in [0, 0.05) is 33.7 Å². The summed E-state index contributed by atoms with van der Waals surface area (Å²) < 4.78 is 0. The molecule has 0 aromatic heterocycles. The monoisotopic (exact) mass is 281 g/mol. The van der Waals surface area contributed by atoms with Gasteiger partial charge in [0.05, 0.1) is 17.4 Å². The first-order valence-corrected chi connectivity index (χ1v) is 7.56. The van der Waals surface area contributed by atoms with Crippen molar-refractivity contribution in [3.63, 3.8) is 0 Å². The highest BCUT2D eigenvalue weighted by Crippen LogP contribution is 2.34. The molecule has 1 aliphatic heterocycles. The number of nitrogens with zero attached hydrogens (tertiary/aromatic N) is 2. The summed E-state index contributed by atoms with van der Waals surface area (Å²) >= 11 is 0. The van der Waals surface area contributed by atoms with Crippen LogP contribution in [0.3, 0.4) is 0 Å². The second-order valence-electron chi connectivity index (χ2n) is 5.71. The van der Waals surface area contributed by atoms with Crippen molar-refractivity contribution in [3.8, 4) is 0 Å². The molecule has 1 heterocycles.